The van der Waals surface area contributed by atoms with Crippen LogP contribution in [0, 0.1) is 5.92 Å². The van der Waals surface area contributed by atoms with Crippen LogP contribution >= 0.6 is 0 Å². The number of furan rings is 1. The molecule has 156 valence electrons. The van der Waals surface area contributed by atoms with E-state index in [-0.39, 0.29) is 36.9 Å². The van der Waals surface area contributed by atoms with Gasteiger partial charge in [-0.05, 0) is 36.8 Å². The maximum absolute atomic E-state index is 13.1. The van der Waals surface area contributed by atoms with Gasteiger partial charge in [0.15, 0.2) is 0 Å². The summed E-state index contributed by atoms with van der Waals surface area (Å²) in [5.74, 6) is -0.669. The Morgan fingerprint density at radius 3 is 2.79 bits per heavy atom. The van der Waals surface area contributed by atoms with Crippen molar-refractivity contribution < 1.29 is 31.9 Å². The quantitative estimate of drug-likeness (QED) is 0.747. The molecule has 29 heavy (non-hydrogen) atoms. The van der Waals surface area contributed by atoms with E-state index in [1.54, 1.807) is 12.1 Å². The first kappa shape index (κ1) is 20.8. The van der Waals surface area contributed by atoms with Gasteiger partial charge < -0.3 is 19.4 Å². The largest absolute Gasteiger partial charge is 0.491 e. The number of rotatable bonds is 7. The number of nitrogens with zero attached hydrogens (tertiary/aromatic N) is 1. The lowest BCUT2D eigenvalue weighted by molar-refractivity contribution is -0.137. The van der Waals surface area contributed by atoms with E-state index in [9.17, 15) is 22.8 Å². The summed E-state index contributed by atoms with van der Waals surface area (Å²) in [5, 5.41) is 2.51. The molecule has 1 atom stereocenters. The van der Waals surface area contributed by atoms with Gasteiger partial charge in [0.05, 0.1) is 36.6 Å². The fraction of sp³-hybridized carbons (Fsp3) is 0.400. The molecule has 0 unspecified atom stereocenters. The molecule has 3 rings (SSSR count). The summed E-state index contributed by atoms with van der Waals surface area (Å²) < 4.78 is 49.9. The number of likely N-dealkylation sites (tertiary alicyclic amines) is 1. The van der Waals surface area contributed by atoms with Crippen LogP contribution in [0.3, 0.4) is 0 Å². The summed E-state index contributed by atoms with van der Waals surface area (Å²) >= 11 is 0. The van der Waals surface area contributed by atoms with Crippen molar-refractivity contribution in [1.29, 1.82) is 0 Å². The van der Waals surface area contributed by atoms with Crippen LogP contribution in [0.4, 0.5) is 18.9 Å². The number of benzene rings is 1. The second-order valence-electron chi connectivity index (χ2n) is 6.80. The molecule has 1 N–H and O–H groups in total. The van der Waals surface area contributed by atoms with Gasteiger partial charge in [0, 0.05) is 13.0 Å². The summed E-state index contributed by atoms with van der Waals surface area (Å²) in [6, 6.07) is 6.37. The molecule has 0 saturated carbocycles. The number of hydrogen-bond acceptors (Lipinski definition) is 4. The lowest BCUT2D eigenvalue weighted by Gasteiger charge is -2.17. The minimum Gasteiger partial charge on any atom is -0.491 e. The van der Waals surface area contributed by atoms with E-state index in [0.29, 0.717) is 18.8 Å². The Hall–Kier alpha value is -2.97. The van der Waals surface area contributed by atoms with E-state index in [4.69, 9.17) is 9.15 Å². The van der Waals surface area contributed by atoms with Crippen LogP contribution in [-0.2, 0) is 22.3 Å². The number of anilines is 1. The highest BCUT2D eigenvalue weighted by Gasteiger charge is 2.36. The summed E-state index contributed by atoms with van der Waals surface area (Å²) in [5.41, 5.74) is -0.950. The standard InChI is InChI=1S/C20H21F3N2O4/c1-2-7-29-17-6-5-14(20(21,22)23)10-16(17)24-19(27)13-9-18(26)25(11-13)12-15-4-3-8-28-15/h3-6,8,10,13H,2,7,9,11-12H2,1H3,(H,24,27)/t13-/m1/s1. The molecule has 2 heterocycles. The number of carbonyl (C=O) groups excluding carboxylic acids is 2. The first-order valence-corrected chi connectivity index (χ1v) is 9.23. The zero-order chi connectivity index (χ0) is 21.0. The maximum Gasteiger partial charge on any atom is 0.416 e. The highest BCUT2D eigenvalue weighted by Crippen LogP contribution is 2.35. The SMILES string of the molecule is CCCOc1ccc(C(F)(F)F)cc1NC(=O)[C@@H]1CC(=O)N(Cc2ccco2)C1. The average molecular weight is 410 g/mol. The lowest BCUT2D eigenvalue weighted by atomic mass is 10.1. The van der Waals surface area contributed by atoms with Crippen molar-refractivity contribution in [3.63, 3.8) is 0 Å². The number of alkyl halides is 3. The number of halogens is 3. The van der Waals surface area contributed by atoms with Gasteiger partial charge in [0.25, 0.3) is 0 Å². The van der Waals surface area contributed by atoms with Crippen molar-refractivity contribution in [1.82, 2.24) is 4.90 Å². The Morgan fingerprint density at radius 1 is 1.34 bits per heavy atom. The second kappa shape index (κ2) is 8.59. The van der Waals surface area contributed by atoms with Crippen molar-refractivity contribution in [2.24, 2.45) is 5.92 Å². The highest BCUT2D eigenvalue weighted by molar-refractivity contribution is 5.98. The summed E-state index contributed by atoms with van der Waals surface area (Å²) in [7, 11) is 0. The van der Waals surface area contributed by atoms with Gasteiger partial charge in [0.2, 0.25) is 11.8 Å². The predicted molar refractivity (Wildman–Crippen MR) is 98.1 cm³/mol. The van der Waals surface area contributed by atoms with Crippen molar-refractivity contribution in [2.45, 2.75) is 32.5 Å². The Kier molecular flexibility index (Phi) is 6.14. The molecule has 1 aliphatic heterocycles. The number of amides is 2. The van der Waals surface area contributed by atoms with E-state index in [1.807, 2.05) is 6.92 Å². The molecule has 2 amide bonds. The van der Waals surface area contributed by atoms with Gasteiger partial charge in [-0.1, -0.05) is 6.92 Å². The van der Waals surface area contributed by atoms with Crippen LogP contribution in [0.15, 0.2) is 41.0 Å². The van der Waals surface area contributed by atoms with E-state index in [1.165, 1.54) is 17.2 Å². The molecule has 1 fully saturated rings. The predicted octanol–water partition coefficient (Wildman–Crippen LogP) is 4.07. The highest BCUT2D eigenvalue weighted by atomic mass is 19.4. The Bertz CT molecular complexity index is 865. The first-order chi connectivity index (χ1) is 13.8. The van der Waals surface area contributed by atoms with Crippen LogP contribution in [0.5, 0.6) is 5.75 Å². The molecule has 2 aromatic rings. The zero-order valence-corrected chi connectivity index (χ0v) is 15.8. The van der Waals surface area contributed by atoms with E-state index in [2.05, 4.69) is 5.32 Å². The van der Waals surface area contributed by atoms with Gasteiger partial charge in [-0.3, -0.25) is 9.59 Å². The van der Waals surface area contributed by atoms with Gasteiger partial charge in [-0.15, -0.1) is 0 Å². The molecule has 1 aliphatic rings. The molecular formula is C20H21F3N2O4. The molecule has 0 bridgehead atoms. The third-order valence-electron chi connectivity index (χ3n) is 4.54. The molecule has 6 nitrogen and oxygen atoms in total. The third kappa shape index (κ3) is 5.10. The van der Waals surface area contributed by atoms with Crippen molar-refractivity contribution in [2.75, 3.05) is 18.5 Å². The van der Waals surface area contributed by atoms with Crippen LogP contribution in [-0.4, -0.2) is 29.9 Å². The number of nitrogens with one attached hydrogen (secondary N) is 1. The molecular weight excluding hydrogens is 389 g/mol. The minimum atomic E-state index is -4.55. The molecule has 9 heteroatoms. The van der Waals surface area contributed by atoms with Gasteiger partial charge in [0.1, 0.15) is 11.5 Å². The minimum absolute atomic E-state index is 0.0172. The second-order valence-corrected chi connectivity index (χ2v) is 6.80. The van der Waals surface area contributed by atoms with Crippen molar-refractivity contribution in [3.8, 4) is 5.75 Å². The normalized spacial score (nSPS) is 16.9. The van der Waals surface area contributed by atoms with E-state index < -0.39 is 23.6 Å². The number of carbonyl (C=O) groups is 2. The molecule has 1 saturated heterocycles. The zero-order valence-electron chi connectivity index (χ0n) is 15.8. The fourth-order valence-electron chi connectivity index (χ4n) is 3.07. The van der Waals surface area contributed by atoms with Crippen LogP contribution < -0.4 is 10.1 Å². The third-order valence-corrected chi connectivity index (χ3v) is 4.54. The van der Waals surface area contributed by atoms with Crippen LogP contribution in [0.25, 0.3) is 0 Å². The van der Waals surface area contributed by atoms with Crippen molar-refractivity contribution >= 4 is 17.5 Å². The van der Waals surface area contributed by atoms with E-state index >= 15 is 0 Å². The Morgan fingerprint density at radius 2 is 2.14 bits per heavy atom. The fourth-order valence-corrected chi connectivity index (χ4v) is 3.07. The van der Waals surface area contributed by atoms with Gasteiger partial charge in [-0.2, -0.15) is 13.2 Å². The molecule has 1 aromatic heterocycles. The number of hydrogen-bond donors (Lipinski definition) is 1. The van der Waals surface area contributed by atoms with Crippen LogP contribution in [0.1, 0.15) is 31.1 Å². The lowest BCUT2D eigenvalue weighted by Crippen LogP contribution is -2.28. The Labute approximate surface area is 165 Å². The topological polar surface area (TPSA) is 71.8 Å². The van der Waals surface area contributed by atoms with Gasteiger partial charge >= 0.3 is 6.18 Å². The summed E-state index contributed by atoms with van der Waals surface area (Å²) in [6.07, 6.45) is -2.42. The number of ether oxygens (including phenoxy) is 1. The average Bonchev–Trinajstić information content (AvgIpc) is 3.30. The van der Waals surface area contributed by atoms with Gasteiger partial charge in [-0.25, -0.2) is 0 Å². The molecule has 1 aromatic carbocycles. The van der Waals surface area contributed by atoms with E-state index in [0.717, 1.165) is 12.1 Å². The smallest absolute Gasteiger partial charge is 0.416 e. The van der Waals surface area contributed by atoms with Crippen LogP contribution in [0.2, 0.25) is 0 Å². The van der Waals surface area contributed by atoms with Crippen molar-refractivity contribution in [3.05, 3.63) is 47.9 Å². The molecule has 0 spiro atoms. The molecule has 0 aliphatic carbocycles. The summed E-state index contributed by atoms with van der Waals surface area (Å²) in [4.78, 5) is 26.3. The summed E-state index contributed by atoms with van der Waals surface area (Å²) in [6.45, 7) is 2.56. The molecule has 0 radical (unpaired) electrons. The Balaban J connectivity index is 1.72. The maximum atomic E-state index is 13.1. The first-order valence-electron chi connectivity index (χ1n) is 9.23. The monoisotopic (exact) mass is 410 g/mol.